The molecule has 0 aliphatic carbocycles. The van der Waals surface area contributed by atoms with Gasteiger partial charge in [0.15, 0.2) is 0 Å². The van der Waals surface area contributed by atoms with Gasteiger partial charge in [-0.25, -0.2) is 0 Å². The summed E-state index contributed by atoms with van der Waals surface area (Å²) in [5.41, 5.74) is 0. The summed E-state index contributed by atoms with van der Waals surface area (Å²) in [5, 5.41) is 10.8. The van der Waals surface area contributed by atoms with Crippen LogP contribution in [-0.4, -0.2) is 37.9 Å². The number of hydrogen-bond acceptors (Lipinski definition) is 3. The standard InChI is InChI=1S/C6H13NO3/c1-10-5-2-6(9)7-3-4-8/h8H,2-5H2,1H3,(H,7,9). The monoisotopic (exact) mass is 147 g/mol. The Morgan fingerprint density at radius 1 is 1.70 bits per heavy atom. The third-order valence-corrected chi connectivity index (χ3v) is 0.967. The summed E-state index contributed by atoms with van der Waals surface area (Å²) in [7, 11) is 1.54. The molecule has 4 nitrogen and oxygen atoms in total. The number of carbonyl (C=O) groups is 1. The van der Waals surface area contributed by atoms with E-state index in [0.29, 0.717) is 19.6 Å². The van der Waals surface area contributed by atoms with Crippen LogP contribution < -0.4 is 5.32 Å². The van der Waals surface area contributed by atoms with Crippen LogP contribution in [0.25, 0.3) is 0 Å². The SMILES string of the molecule is COCCC(=O)NCCO. The minimum Gasteiger partial charge on any atom is -0.395 e. The van der Waals surface area contributed by atoms with Gasteiger partial charge in [-0.15, -0.1) is 0 Å². The number of methoxy groups -OCH3 is 1. The number of ether oxygens (including phenoxy) is 1. The molecule has 0 spiro atoms. The molecule has 0 rings (SSSR count). The maximum Gasteiger partial charge on any atom is 0.222 e. The highest BCUT2D eigenvalue weighted by molar-refractivity contribution is 5.75. The van der Waals surface area contributed by atoms with Gasteiger partial charge in [0.1, 0.15) is 0 Å². The number of aliphatic hydroxyl groups excluding tert-OH is 1. The largest absolute Gasteiger partial charge is 0.395 e. The summed E-state index contributed by atoms with van der Waals surface area (Å²) in [6.07, 6.45) is 0.358. The molecule has 0 bridgehead atoms. The molecule has 0 fully saturated rings. The summed E-state index contributed by atoms with van der Waals surface area (Å²) in [4.78, 5) is 10.7. The first-order valence-electron chi connectivity index (χ1n) is 3.17. The lowest BCUT2D eigenvalue weighted by molar-refractivity contribution is -0.122. The van der Waals surface area contributed by atoms with Gasteiger partial charge in [0.05, 0.1) is 13.2 Å². The van der Waals surface area contributed by atoms with Crippen molar-refractivity contribution in [2.45, 2.75) is 6.42 Å². The average molecular weight is 147 g/mol. The van der Waals surface area contributed by atoms with Crippen molar-refractivity contribution in [3.05, 3.63) is 0 Å². The van der Waals surface area contributed by atoms with Crippen LogP contribution in [0.4, 0.5) is 0 Å². The average Bonchev–Trinajstić information content (AvgIpc) is 1.97. The topological polar surface area (TPSA) is 58.6 Å². The zero-order valence-corrected chi connectivity index (χ0v) is 6.09. The Bertz CT molecular complexity index is 85.0. The molecule has 0 aromatic rings. The van der Waals surface area contributed by atoms with Crippen molar-refractivity contribution < 1.29 is 14.6 Å². The lowest BCUT2D eigenvalue weighted by Gasteiger charge is -2.00. The third kappa shape index (κ3) is 5.53. The molecule has 0 saturated heterocycles. The van der Waals surface area contributed by atoms with Crippen LogP contribution in [0.15, 0.2) is 0 Å². The summed E-state index contributed by atoms with van der Waals surface area (Å²) in [6.45, 7) is 0.735. The molecule has 1 amide bonds. The fourth-order valence-corrected chi connectivity index (χ4v) is 0.478. The van der Waals surface area contributed by atoms with E-state index in [1.54, 1.807) is 7.11 Å². The number of nitrogens with one attached hydrogen (secondary N) is 1. The third-order valence-electron chi connectivity index (χ3n) is 0.967. The van der Waals surface area contributed by atoms with Crippen LogP contribution in [0, 0.1) is 0 Å². The molecule has 2 N–H and O–H groups in total. The lowest BCUT2D eigenvalue weighted by atomic mass is 10.4. The fraction of sp³-hybridized carbons (Fsp3) is 0.833. The summed E-state index contributed by atoms with van der Waals surface area (Å²) < 4.78 is 4.67. The minimum absolute atomic E-state index is 0.0152. The maximum atomic E-state index is 10.7. The van der Waals surface area contributed by atoms with Crippen LogP contribution >= 0.6 is 0 Å². The summed E-state index contributed by atoms with van der Waals surface area (Å²) in [6, 6.07) is 0. The smallest absolute Gasteiger partial charge is 0.222 e. The molecular weight excluding hydrogens is 134 g/mol. The Morgan fingerprint density at radius 2 is 2.40 bits per heavy atom. The van der Waals surface area contributed by atoms with Crippen molar-refractivity contribution in [3.63, 3.8) is 0 Å². The Balaban J connectivity index is 3.09. The molecule has 0 aliphatic heterocycles. The lowest BCUT2D eigenvalue weighted by Crippen LogP contribution is -2.26. The van der Waals surface area contributed by atoms with Gasteiger partial charge in [-0.05, 0) is 0 Å². The predicted octanol–water partition coefficient (Wildman–Crippen LogP) is -0.869. The Kier molecular flexibility index (Phi) is 6.11. The zero-order chi connectivity index (χ0) is 7.82. The van der Waals surface area contributed by atoms with Gasteiger partial charge >= 0.3 is 0 Å². The van der Waals surface area contributed by atoms with E-state index in [0.717, 1.165) is 0 Å². The van der Waals surface area contributed by atoms with Crippen LogP contribution in [0.5, 0.6) is 0 Å². The highest BCUT2D eigenvalue weighted by Gasteiger charge is 1.97. The Labute approximate surface area is 60.2 Å². The van der Waals surface area contributed by atoms with Crippen molar-refractivity contribution >= 4 is 5.91 Å². The number of amides is 1. The van der Waals surface area contributed by atoms with E-state index in [9.17, 15) is 4.79 Å². The summed E-state index contributed by atoms with van der Waals surface area (Å²) in [5.74, 6) is -0.0871. The van der Waals surface area contributed by atoms with E-state index in [4.69, 9.17) is 5.11 Å². The van der Waals surface area contributed by atoms with Gasteiger partial charge in [0.25, 0.3) is 0 Å². The summed E-state index contributed by atoms with van der Waals surface area (Å²) >= 11 is 0. The molecule has 0 unspecified atom stereocenters. The second-order valence-electron chi connectivity index (χ2n) is 1.82. The van der Waals surface area contributed by atoms with E-state index >= 15 is 0 Å². The first-order chi connectivity index (χ1) is 4.81. The second kappa shape index (κ2) is 6.51. The Morgan fingerprint density at radius 3 is 2.90 bits per heavy atom. The molecule has 0 aliphatic rings. The molecule has 0 saturated carbocycles. The highest BCUT2D eigenvalue weighted by atomic mass is 16.5. The van der Waals surface area contributed by atoms with Crippen molar-refractivity contribution in [2.75, 3.05) is 26.9 Å². The normalized spacial score (nSPS) is 9.40. The van der Waals surface area contributed by atoms with Crippen molar-refractivity contribution in [1.29, 1.82) is 0 Å². The van der Waals surface area contributed by atoms with Gasteiger partial charge in [0, 0.05) is 20.1 Å². The second-order valence-corrected chi connectivity index (χ2v) is 1.82. The number of carbonyl (C=O) groups excluding carboxylic acids is 1. The van der Waals surface area contributed by atoms with Gasteiger partial charge in [-0.3, -0.25) is 4.79 Å². The van der Waals surface area contributed by atoms with Crippen LogP contribution in [0.2, 0.25) is 0 Å². The fourth-order valence-electron chi connectivity index (χ4n) is 0.478. The molecule has 0 heterocycles. The van der Waals surface area contributed by atoms with E-state index in [1.165, 1.54) is 0 Å². The first-order valence-corrected chi connectivity index (χ1v) is 3.17. The van der Waals surface area contributed by atoms with Crippen molar-refractivity contribution in [2.24, 2.45) is 0 Å². The number of hydrogen-bond donors (Lipinski definition) is 2. The molecule has 0 aromatic heterocycles. The molecule has 0 atom stereocenters. The van der Waals surface area contributed by atoms with E-state index in [1.807, 2.05) is 0 Å². The van der Waals surface area contributed by atoms with Gasteiger partial charge < -0.3 is 15.2 Å². The van der Waals surface area contributed by atoms with Crippen molar-refractivity contribution in [3.8, 4) is 0 Å². The van der Waals surface area contributed by atoms with E-state index in [2.05, 4.69) is 10.1 Å². The zero-order valence-electron chi connectivity index (χ0n) is 6.09. The van der Waals surface area contributed by atoms with E-state index in [-0.39, 0.29) is 12.5 Å². The molecule has 4 heteroatoms. The number of rotatable bonds is 5. The molecule has 0 radical (unpaired) electrons. The highest BCUT2D eigenvalue weighted by Crippen LogP contribution is 1.78. The van der Waals surface area contributed by atoms with Crippen molar-refractivity contribution in [1.82, 2.24) is 5.32 Å². The van der Waals surface area contributed by atoms with Gasteiger partial charge in [-0.2, -0.15) is 0 Å². The molecule has 0 aromatic carbocycles. The molecule has 10 heavy (non-hydrogen) atoms. The van der Waals surface area contributed by atoms with Crippen LogP contribution in [-0.2, 0) is 9.53 Å². The maximum absolute atomic E-state index is 10.7. The van der Waals surface area contributed by atoms with E-state index < -0.39 is 0 Å². The van der Waals surface area contributed by atoms with Gasteiger partial charge in [0.2, 0.25) is 5.91 Å². The number of aliphatic hydroxyl groups is 1. The molecular formula is C6H13NO3. The minimum atomic E-state index is -0.0871. The van der Waals surface area contributed by atoms with Crippen LogP contribution in [0.1, 0.15) is 6.42 Å². The van der Waals surface area contributed by atoms with Crippen LogP contribution in [0.3, 0.4) is 0 Å². The predicted molar refractivity (Wildman–Crippen MR) is 36.6 cm³/mol. The van der Waals surface area contributed by atoms with Gasteiger partial charge in [-0.1, -0.05) is 0 Å². The quantitative estimate of drug-likeness (QED) is 0.531. The molecule has 60 valence electrons. The first kappa shape index (κ1) is 9.39. The Hall–Kier alpha value is -0.610.